The van der Waals surface area contributed by atoms with Crippen LogP contribution in [0.25, 0.3) is 0 Å². The van der Waals surface area contributed by atoms with Gasteiger partial charge in [0, 0.05) is 19.3 Å². The number of rotatable bonds is 6. The highest BCUT2D eigenvalue weighted by Crippen LogP contribution is 2.03. The molecule has 0 spiro atoms. The standard InChI is InChI=1S/C11H17N3O3/c1-4-17-8(2)7-13-9-5-6-12-10(14-9)11(15)16-3/h5-6,8H,4,7H2,1-3H3,(H,12,13,14). The van der Waals surface area contributed by atoms with Crippen molar-refractivity contribution in [3.05, 3.63) is 18.1 Å². The Hall–Kier alpha value is -1.69. The summed E-state index contributed by atoms with van der Waals surface area (Å²) in [5.41, 5.74) is 0. The van der Waals surface area contributed by atoms with Crippen LogP contribution in [0.3, 0.4) is 0 Å². The molecule has 1 aromatic rings. The number of hydrogen-bond acceptors (Lipinski definition) is 6. The average Bonchev–Trinajstić information content (AvgIpc) is 2.36. The van der Waals surface area contributed by atoms with Gasteiger partial charge in [0.1, 0.15) is 5.82 Å². The van der Waals surface area contributed by atoms with E-state index in [-0.39, 0.29) is 11.9 Å². The number of methoxy groups -OCH3 is 1. The van der Waals surface area contributed by atoms with Gasteiger partial charge in [-0.3, -0.25) is 0 Å². The fourth-order valence-corrected chi connectivity index (χ4v) is 1.24. The molecule has 6 heteroatoms. The third-order valence-corrected chi connectivity index (χ3v) is 2.05. The van der Waals surface area contributed by atoms with E-state index in [9.17, 15) is 4.79 Å². The van der Waals surface area contributed by atoms with E-state index >= 15 is 0 Å². The Bertz CT molecular complexity index is 371. The van der Waals surface area contributed by atoms with Crippen molar-refractivity contribution in [1.82, 2.24) is 9.97 Å². The van der Waals surface area contributed by atoms with Crippen LogP contribution in [0.15, 0.2) is 12.3 Å². The third-order valence-electron chi connectivity index (χ3n) is 2.05. The van der Waals surface area contributed by atoms with Crippen LogP contribution in [0.4, 0.5) is 5.82 Å². The van der Waals surface area contributed by atoms with Gasteiger partial charge in [-0.25, -0.2) is 14.8 Å². The molecule has 1 heterocycles. The molecule has 1 unspecified atom stereocenters. The van der Waals surface area contributed by atoms with Gasteiger partial charge in [0.05, 0.1) is 13.2 Å². The molecule has 1 rings (SSSR count). The molecule has 0 aromatic carbocycles. The summed E-state index contributed by atoms with van der Waals surface area (Å²) in [5, 5.41) is 3.06. The van der Waals surface area contributed by atoms with Crippen molar-refractivity contribution in [2.75, 3.05) is 25.6 Å². The fraction of sp³-hybridized carbons (Fsp3) is 0.545. The summed E-state index contributed by atoms with van der Waals surface area (Å²) in [7, 11) is 1.29. The average molecular weight is 239 g/mol. The molecule has 0 saturated heterocycles. The number of ether oxygens (including phenoxy) is 2. The number of carbonyl (C=O) groups is 1. The highest BCUT2D eigenvalue weighted by molar-refractivity contribution is 5.85. The fourth-order valence-electron chi connectivity index (χ4n) is 1.24. The van der Waals surface area contributed by atoms with Crippen molar-refractivity contribution in [2.24, 2.45) is 0 Å². The number of carbonyl (C=O) groups excluding carboxylic acids is 1. The second-order valence-corrected chi connectivity index (χ2v) is 3.40. The number of esters is 1. The number of nitrogens with zero attached hydrogens (tertiary/aromatic N) is 2. The number of hydrogen-bond donors (Lipinski definition) is 1. The zero-order valence-corrected chi connectivity index (χ0v) is 10.3. The molecule has 0 radical (unpaired) electrons. The van der Waals surface area contributed by atoms with Crippen molar-refractivity contribution in [1.29, 1.82) is 0 Å². The molecule has 0 bridgehead atoms. The van der Waals surface area contributed by atoms with Gasteiger partial charge in [-0.2, -0.15) is 0 Å². The summed E-state index contributed by atoms with van der Waals surface area (Å²) in [6, 6.07) is 1.69. The molecule has 0 fully saturated rings. The van der Waals surface area contributed by atoms with Crippen LogP contribution < -0.4 is 5.32 Å². The van der Waals surface area contributed by atoms with Crippen molar-refractivity contribution >= 4 is 11.8 Å². The Kier molecular flexibility index (Phi) is 5.35. The van der Waals surface area contributed by atoms with Crippen LogP contribution in [0.5, 0.6) is 0 Å². The molecule has 94 valence electrons. The molecule has 1 aromatic heterocycles. The lowest BCUT2D eigenvalue weighted by Crippen LogP contribution is -2.20. The van der Waals surface area contributed by atoms with Crippen LogP contribution in [-0.2, 0) is 9.47 Å². The quantitative estimate of drug-likeness (QED) is 0.749. The van der Waals surface area contributed by atoms with Crippen molar-refractivity contribution < 1.29 is 14.3 Å². The van der Waals surface area contributed by atoms with Gasteiger partial charge in [0.25, 0.3) is 0 Å². The highest BCUT2D eigenvalue weighted by atomic mass is 16.5. The van der Waals surface area contributed by atoms with Gasteiger partial charge in [0.2, 0.25) is 5.82 Å². The molecule has 1 N–H and O–H groups in total. The molecular weight excluding hydrogens is 222 g/mol. The van der Waals surface area contributed by atoms with Crippen LogP contribution >= 0.6 is 0 Å². The lowest BCUT2D eigenvalue weighted by Gasteiger charge is -2.12. The molecule has 6 nitrogen and oxygen atoms in total. The molecule has 17 heavy (non-hydrogen) atoms. The summed E-state index contributed by atoms with van der Waals surface area (Å²) in [5.74, 6) is 0.0695. The monoisotopic (exact) mass is 239 g/mol. The van der Waals surface area contributed by atoms with Gasteiger partial charge in [-0.05, 0) is 19.9 Å². The Morgan fingerprint density at radius 2 is 2.35 bits per heavy atom. The number of nitrogens with one attached hydrogen (secondary N) is 1. The summed E-state index contributed by atoms with van der Waals surface area (Å²) >= 11 is 0. The van der Waals surface area contributed by atoms with Crippen LogP contribution in [0.1, 0.15) is 24.5 Å². The lowest BCUT2D eigenvalue weighted by molar-refractivity contribution is 0.0587. The topological polar surface area (TPSA) is 73.3 Å². The first-order valence-corrected chi connectivity index (χ1v) is 5.44. The van der Waals surface area contributed by atoms with E-state index in [1.807, 2.05) is 13.8 Å². The highest BCUT2D eigenvalue weighted by Gasteiger charge is 2.09. The molecule has 1 atom stereocenters. The van der Waals surface area contributed by atoms with E-state index in [1.54, 1.807) is 6.07 Å². The zero-order chi connectivity index (χ0) is 12.7. The minimum Gasteiger partial charge on any atom is -0.463 e. The van der Waals surface area contributed by atoms with E-state index in [0.29, 0.717) is 19.0 Å². The predicted octanol–water partition coefficient (Wildman–Crippen LogP) is 1.10. The summed E-state index contributed by atoms with van der Waals surface area (Å²) < 4.78 is 9.90. The van der Waals surface area contributed by atoms with Crippen LogP contribution in [-0.4, -0.2) is 42.3 Å². The number of anilines is 1. The Balaban J connectivity index is 2.57. The first-order valence-electron chi connectivity index (χ1n) is 5.44. The minimum atomic E-state index is -0.550. The molecule has 0 amide bonds. The van der Waals surface area contributed by atoms with Crippen LogP contribution in [0, 0.1) is 0 Å². The van der Waals surface area contributed by atoms with E-state index in [4.69, 9.17) is 4.74 Å². The van der Waals surface area contributed by atoms with Crippen LogP contribution in [0.2, 0.25) is 0 Å². The molecule has 0 aliphatic carbocycles. The SMILES string of the molecule is CCOC(C)CNc1ccnc(C(=O)OC)n1. The minimum absolute atomic E-state index is 0.0431. The normalized spacial score (nSPS) is 11.9. The summed E-state index contributed by atoms with van der Waals surface area (Å²) in [6.07, 6.45) is 1.59. The van der Waals surface area contributed by atoms with Crippen molar-refractivity contribution in [3.8, 4) is 0 Å². The Labute approximate surface area is 100 Å². The maximum absolute atomic E-state index is 11.2. The Morgan fingerprint density at radius 1 is 1.59 bits per heavy atom. The smallest absolute Gasteiger partial charge is 0.376 e. The first kappa shape index (κ1) is 13.4. The van der Waals surface area contributed by atoms with Gasteiger partial charge >= 0.3 is 5.97 Å². The summed E-state index contributed by atoms with van der Waals surface area (Å²) in [6.45, 7) is 5.18. The molecule has 0 saturated carbocycles. The van der Waals surface area contributed by atoms with E-state index in [2.05, 4.69) is 20.0 Å². The summed E-state index contributed by atoms with van der Waals surface area (Å²) in [4.78, 5) is 19.0. The van der Waals surface area contributed by atoms with Crippen molar-refractivity contribution in [2.45, 2.75) is 20.0 Å². The molecule has 0 aliphatic heterocycles. The van der Waals surface area contributed by atoms with Gasteiger partial charge in [-0.15, -0.1) is 0 Å². The van der Waals surface area contributed by atoms with Gasteiger partial charge < -0.3 is 14.8 Å². The third kappa shape index (κ3) is 4.36. The van der Waals surface area contributed by atoms with Crippen molar-refractivity contribution in [3.63, 3.8) is 0 Å². The van der Waals surface area contributed by atoms with Gasteiger partial charge in [-0.1, -0.05) is 0 Å². The zero-order valence-electron chi connectivity index (χ0n) is 10.3. The largest absolute Gasteiger partial charge is 0.463 e. The molecule has 0 aliphatic rings. The van der Waals surface area contributed by atoms with Gasteiger partial charge in [0.15, 0.2) is 0 Å². The second kappa shape index (κ2) is 6.80. The number of aromatic nitrogens is 2. The Morgan fingerprint density at radius 3 is 3.00 bits per heavy atom. The van der Waals surface area contributed by atoms with E-state index in [1.165, 1.54) is 13.3 Å². The predicted molar refractivity (Wildman–Crippen MR) is 62.9 cm³/mol. The first-order chi connectivity index (χ1) is 8.17. The van der Waals surface area contributed by atoms with E-state index in [0.717, 1.165) is 0 Å². The lowest BCUT2D eigenvalue weighted by atomic mass is 10.4. The maximum atomic E-state index is 11.2. The molecular formula is C11H17N3O3. The maximum Gasteiger partial charge on any atom is 0.376 e. The second-order valence-electron chi connectivity index (χ2n) is 3.40. The van der Waals surface area contributed by atoms with E-state index < -0.39 is 5.97 Å².